The van der Waals surface area contributed by atoms with Crippen LogP contribution in [0.1, 0.15) is 32.6 Å². The number of aliphatic hydroxyl groups is 3. The fourth-order valence-corrected chi connectivity index (χ4v) is 0.927. The lowest BCUT2D eigenvalue weighted by molar-refractivity contribution is -0.138. The van der Waals surface area contributed by atoms with Crippen molar-refractivity contribution in [1.29, 1.82) is 0 Å². The number of rotatable bonds is 9. The number of carbonyl (C=O) groups is 2. The van der Waals surface area contributed by atoms with Crippen molar-refractivity contribution >= 4 is 37.2 Å². The van der Waals surface area contributed by atoms with Crippen LogP contribution in [0.2, 0.25) is 0 Å². The number of aliphatic carboxylic acids is 2. The van der Waals surface area contributed by atoms with E-state index in [4.69, 9.17) is 25.5 Å². The van der Waals surface area contributed by atoms with E-state index < -0.39 is 17.4 Å². The molecule has 0 fully saturated rings. The normalized spacial score (nSPS) is 9.91. The van der Waals surface area contributed by atoms with Crippen LogP contribution in [-0.4, -0.2) is 68.8 Å². The first-order valence-electron chi connectivity index (χ1n) is 6.70. The third kappa shape index (κ3) is 24.5. The minimum Gasteiger partial charge on any atom is -0.481 e. The monoisotopic (exact) mass is 360 g/mol. The first-order chi connectivity index (χ1) is 10.2. The number of hydrogen-bond donors (Lipinski definition) is 7. The van der Waals surface area contributed by atoms with Crippen molar-refractivity contribution in [1.82, 2.24) is 0 Å². The van der Waals surface area contributed by atoms with Gasteiger partial charge in [-0.15, -0.1) is 0 Å². The maximum Gasteiger partial charge on any atom is 0.303 e. The highest BCUT2D eigenvalue weighted by atomic mass is 32.1. The summed E-state index contributed by atoms with van der Waals surface area (Å²) >= 11 is 7.66. The van der Waals surface area contributed by atoms with Crippen LogP contribution in [0.3, 0.4) is 0 Å². The van der Waals surface area contributed by atoms with Crippen LogP contribution in [0.5, 0.6) is 0 Å². The quantitative estimate of drug-likeness (QED) is 0.298. The van der Waals surface area contributed by atoms with E-state index in [1.165, 1.54) is 0 Å². The minimum atomic E-state index is -0.742. The van der Waals surface area contributed by atoms with Gasteiger partial charge >= 0.3 is 11.9 Å². The summed E-state index contributed by atoms with van der Waals surface area (Å²) in [5.74, 6) is -0.165. The molecule has 0 saturated heterocycles. The van der Waals surface area contributed by atoms with Crippen LogP contribution in [0, 0.1) is 5.41 Å². The maximum absolute atomic E-state index is 9.72. The molecule has 0 bridgehead atoms. The van der Waals surface area contributed by atoms with Crippen molar-refractivity contribution in [3.05, 3.63) is 0 Å². The Bertz CT molecular complexity index is 245. The summed E-state index contributed by atoms with van der Waals surface area (Å²) in [7, 11) is 0. The third-order valence-electron chi connectivity index (χ3n) is 2.24. The lowest BCUT2D eigenvalue weighted by Crippen LogP contribution is -2.29. The molecule has 5 N–H and O–H groups in total. The van der Waals surface area contributed by atoms with E-state index in [2.05, 4.69) is 25.3 Å². The van der Waals surface area contributed by atoms with Crippen LogP contribution in [-0.2, 0) is 9.59 Å². The highest BCUT2D eigenvalue weighted by Gasteiger charge is 2.20. The molecule has 7 nitrogen and oxygen atoms in total. The average Bonchev–Trinajstić information content (AvgIpc) is 2.51. The molecule has 0 radical (unpaired) electrons. The standard InChI is InChI=1S/C5H12O3.2C4H8O2S/c1-5(2-6,3-7)4-8;2*5-4(6)2-1-3-7/h6-8H,2-4H2,1H3;2*7H,1-3H2,(H,5,6). The number of carboxylic acid groups (broad SMARTS) is 2. The zero-order chi connectivity index (χ0) is 18.0. The van der Waals surface area contributed by atoms with Crippen molar-refractivity contribution in [3.8, 4) is 0 Å². The first kappa shape index (κ1) is 26.4. The Hall–Kier alpha value is -0.480. The third-order valence-corrected chi connectivity index (χ3v) is 2.88. The molecule has 0 aromatic carbocycles. The van der Waals surface area contributed by atoms with Gasteiger partial charge < -0.3 is 25.5 Å². The van der Waals surface area contributed by atoms with Crippen molar-refractivity contribution in [2.45, 2.75) is 32.6 Å². The van der Waals surface area contributed by atoms with Gasteiger partial charge in [0.15, 0.2) is 0 Å². The molecule has 9 heteroatoms. The summed E-state index contributed by atoms with van der Waals surface area (Å²) in [6.45, 7) is 1.06. The molecule has 0 aliphatic heterocycles. The Morgan fingerprint density at radius 3 is 1.14 bits per heavy atom. The molecule has 0 unspecified atom stereocenters. The van der Waals surface area contributed by atoms with E-state index in [0.29, 0.717) is 24.3 Å². The number of aliphatic hydroxyl groups excluding tert-OH is 3. The molecule has 22 heavy (non-hydrogen) atoms. The van der Waals surface area contributed by atoms with Gasteiger partial charge in [-0.1, -0.05) is 6.92 Å². The van der Waals surface area contributed by atoms with E-state index in [1.807, 2.05) is 0 Å². The van der Waals surface area contributed by atoms with Crippen LogP contribution < -0.4 is 0 Å². The Morgan fingerprint density at radius 1 is 0.818 bits per heavy atom. The summed E-state index contributed by atoms with van der Waals surface area (Å²) in [4.78, 5) is 19.4. The Morgan fingerprint density at radius 2 is 1.09 bits per heavy atom. The molecule has 0 heterocycles. The molecular weight excluding hydrogens is 332 g/mol. The Labute approximate surface area is 142 Å². The van der Waals surface area contributed by atoms with Crippen molar-refractivity contribution in [2.24, 2.45) is 5.41 Å². The fourth-order valence-electron chi connectivity index (χ4n) is 0.611. The van der Waals surface area contributed by atoms with Gasteiger partial charge in [0.2, 0.25) is 0 Å². The second-order valence-electron chi connectivity index (χ2n) is 4.73. The van der Waals surface area contributed by atoms with Gasteiger partial charge in [-0.2, -0.15) is 25.3 Å². The Kier molecular flexibility index (Phi) is 22.3. The summed E-state index contributed by atoms with van der Waals surface area (Å²) in [5.41, 5.74) is -0.708. The average molecular weight is 360 g/mol. The molecule has 0 aromatic rings. The van der Waals surface area contributed by atoms with E-state index >= 15 is 0 Å². The van der Waals surface area contributed by atoms with E-state index in [1.54, 1.807) is 6.92 Å². The molecule has 0 saturated carbocycles. The van der Waals surface area contributed by atoms with E-state index in [9.17, 15) is 9.59 Å². The van der Waals surface area contributed by atoms with Gasteiger partial charge in [0.1, 0.15) is 0 Å². The molecule has 0 atom stereocenters. The van der Waals surface area contributed by atoms with Crippen molar-refractivity contribution in [2.75, 3.05) is 31.3 Å². The minimum absolute atomic E-state index is 0.181. The zero-order valence-corrected chi connectivity index (χ0v) is 14.6. The molecule has 134 valence electrons. The number of carboxylic acids is 2. The van der Waals surface area contributed by atoms with Gasteiger partial charge in [0.05, 0.1) is 19.8 Å². The van der Waals surface area contributed by atoms with Crippen LogP contribution in [0.4, 0.5) is 0 Å². The van der Waals surface area contributed by atoms with E-state index in [-0.39, 0.29) is 32.7 Å². The topological polar surface area (TPSA) is 135 Å². The van der Waals surface area contributed by atoms with Gasteiger partial charge in [-0.3, -0.25) is 9.59 Å². The van der Waals surface area contributed by atoms with Gasteiger partial charge in [0.25, 0.3) is 0 Å². The zero-order valence-electron chi connectivity index (χ0n) is 12.8. The van der Waals surface area contributed by atoms with Crippen LogP contribution in [0.15, 0.2) is 0 Å². The molecule has 0 spiro atoms. The highest BCUT2D eigenvalue weighted by Crippen LogP contribution is 2.10. The number of thiol groups is 2. The second kappa shape index (κ2) is 18.6. The fraction of sp³-hybridized carbons (Fsp3) is 0.846. The van der Waals surface area contributed by atoms with Crippen molar-refractivity contribution < 1.29 is 35.1 Å². The highest BCUT2D eigenvalue weighted by molar-refractivity contribution is 7.80. The summed E-state index contributed by atoms with van der Waals surface area (Å²) in [5, 5.41) is 41.4. The molecule has 0 aliphatic rings. The summed E-state index contributed by atoms with van der Waals surface area (Å²) in [6.07, 6.45) is 1.81. The van der Waals surface area contributed by atoms with Gasteiger partial charge in [-0.25, -0.2) is 0 Å². The summed E-state index contributed by atoms with van der Waals surface area (Å²) in [6, 6.07) is 0. The molecule has 0 amide bonds. The van der Waals surface area contributed by atoms with E-state index in [0.717, 1.165) is 0 Å². The van der Waals surface area contributed by atoms with Gasteiger partial charge in [0, 0.05) is 18.3 Å². The molecule has 0 rings (SSSR count). The SMILES string of the molecule is CC(CO)(CO)CO.O=C(O)CCCS.O=C(O)CCCS. The molecule has 0 aliphatic carbocycles. The lowest BCUT2D eigenvalue weighted by Gasteiger charge is -2.20. The predicted octanol–water partition coefficient (Wildman–Crippen LogP) is 0.532. The summed E-state index contributed by atoms with van der Waals surface area (Å²) < 4.78 is 0. The number of hydrogen-bond acceptors (Lipinski definition) is 7. The van der Waals surface area contributed by atoms with Gasteiger partial charge in [-0.05, 0) is 24.3 Å². The molecular formula is C13H28O7S2. The maximum atomic E-state index is 9.72. The molecule has 0 aromatic heterocycles. The second-order valence-corrected chi connectivity index (χ2v) is 5.62. The predicted molar refractivity (Wildman–Crippen MR) is 90.8 cm³/mol. The van der Waals surface area contributed by atoms with Crippen LogP contribution >= 0.6 is 25.3 Å². The largest absolute Gasteiger partial charge is 0.481 e. The lowest BCUT2D eigenvalue weighted by atomic mass is 9.95. The Balaban J connectivity index is -0.000000247. The van der Waals surface area contributed by atoms with Crippen LogP contribution in [0.25, 0.3) is 0 Å². The smallest absolute Gasteiger partial charge is 0.303 e. The first-order valence-corrected chi connectivity index (χ1v) is 7.97. The van der Waals surface area contributed by atoms with Crippen molar-refractivity contribution in [3.63, 3.8) is 0 Å².